The molecule has 1 amide bonds. The van der Waals surface area contributed by atoms with Crippen molar-refractivity contribution in [3.63, 3.8) is 0 Å². The normalized spacial score (nSPS) is 18.2. The SMILES string of the molecule is COc1ccc(OCCC(=O)N=C(CN2CCC(C)(C)C2)[C@H](O)c2ccc3c(c2)OCCO3)cc1. The minimum atomic E-state index is -1.03. The Hall–Kier alpha value is -3.10. The van der Waals surface area contributed by atoms with Gasteiger partial charge < -0.3 is 24.1 Å². The predicted molar refractivity (Wildman–Crippen MR) is 133 cm³/mol. The maximum atomic E-state index is 12.8. The van der Waals surface area contributed by atoms with Gasteiger partial charge in [0.2, 0.25) is 5.91 Å². The molecule has 1 fully saturated rings. The number of aliphatic imine (C=N–C) groups is 1. The molecule has 2 heterocycles. The largest absolute Gasteiger partial charge is 0.497 e. The fraction of sp³-hybridized carbons (Fsp3) is 0.481. The van der Waals surface area contributed by atoms with E-state index >= 15 is 0 Å². The first-order valence-electron chi connectivity index (χ1n) is 12.0. The van der Waals surface area contributed by atoms with Gasteiger partial charge in [-0.25, -0.2) is 4.99 Å². The standard InChI is InChI=1S/C27H34N2O6/c1-27(2)11-12-29(18-27)17-22(26(31)19-4-9-23-24(16-19)35-15-14-34-23)28-25(30)10-13-33-21-7-5-20(32-3)6-8-21/h4-9,16,26,31H,10-15,17-18H2,1-3H3/t26-/m1/s1. The molecule has 1 atom stereocenters. The van der Waals surface area contributed by atoms with E-state index in [1.165, 1.54) is 0 Å². The third-order valence-electron chi connectivity index (χ3n) is 6.25. The van der Waals surface area contributed by atoms with E-state index in [4.69, 9.17) is 18.9 Å². The van der Waals surface area contributed by atoms with Crippen molar-refractivity contribution < 1.29 is 28.8 Å². The first-order chi connectivity index (χ1) is 16.8. The Morgan fingerprint density at radius 2 is 1.83 bits per heavy atom. The number of hydrogen-bond acceptors (Lipinski definition) is 7. The van der Waals surface area contributed by atoms with E-state index in [9.17, 15) is 9.90 Å². The number of ether oxygens (including phenoxy) is 4. The van der Waals surface area contributed by atoms with E-state index < -0.39 is 6.10 Å². The minimum absolute atomic E-state index is 0.106. The van der Waals surface area contributed by atoms with Crippen molar-refractivity contribution in [2.75, 3.05) is 46.6 Å². The smallest absolute Gasteiger partial charge is 0.249 e. The number of aliphatic hydroxyl groups excluding tert-OH is 1. The Labute approximate surface area is 206 Å². The molecule has 0 radical (unpaired) electrons. The minimum Gasteiger partial charge on any atom is -0.497 e. The maximum absolute atomic E-state index is 12.8. The molecular weight excluding hydrogens is 448 g/mol. The number of methoxy groups -OCH3 is 1. The van der Waals surface area contributed by atoms with E-state index in [2.05, 4.69) is 23.7 Å². The number of benzene rings is 2. The monoisotopic (exact) mass is 482 g/mol. The topological polar surface area (TPSA) is 89.8 Å². The maximum Gasteiger partial charge on any atom is 0.249 e. The van der Waals surface area contributed by atoms with E-state index in [0.29, 0.717) is 48.3 Å². The van der Waals surface area contributed by atoms with Crippen LogP contribution in [0.4, 0.5) is 0 Å². The Balaban J connectivity index is 1.45. The van der Waals surface area contributed by atoms with Gasteiger partial charge in [0.25, 0.3) is 0 Å². The van der Waals surface area contributed by atoms with Crippen LogP contribution in [0.3, 0.4) is 0 Å². The molecule has 4 rings (SSSR count). The molecule has 0 saturated carbocycles. The van der Waals surface area contributed by atoms with Crippen LogP contribution in [0.15, 0.2) is 47.5 Å². The second-order valence-electron chi connectivity index (χ2n) is 9.70. The molecule has 1 saturated heterocycles. The van der Waals surface area contributed by atoms with Crippen molar-refractivity contribution in [3.05, 3.63) is 48.0 Å². The van der Waals surface area contributed by atoms with Crippen molar-refractivity contribution in [2.45, 2.75) is 32.8 Å². The summed E-state index contributed by atoms with van der Waals surface area (Å²) in [6, 6.07) is 12.5. The zero-order chi connectivity index (χ0) is 24.8. The van der Waals surface area contributed by atoms with Crippen LogP contribution in [0, 0.1) is 5.41 Å². The van der Waals surface area contributed by atoms with Gasteiger partial charge in [-0.3, -0.25) is 9.69 Å². The number of aliphatic hydroxyl groups is 1. The van der Waals surface area contributed by atoms with Crippen molar-refractivity contribution in [3.8, 4) is 23.0 Å². The lowest BCUT2D eigenvalue weighted by Gasteiger charge is -2.24. The summed E-state index contributed by atoms with van der Waals surface area (Å²) >= 11 is 0. The van der Waals surface area contributed by atoms with Gasteiger partial charge in [0.1, 0.15) is 30.8 Å². The van der Waals surface area contributed by atoms with E-state index in [1.54, 1.807) is 49.6 Å². The van der Waals surface area contributed by atoms with E-state index in [-0.39, 0.29) is 24.3 Å². The molecule has 2 aromatic carbocycles. The van der Waals surface area contributed by atoms with Gasteiger partial charge in [0.15, 0.2) is 11.5 Å². The molecule has 2 aliphatic rings. The summed E-state index contributed by atoms with van der Waals surface area (Å²) in [5, 5.41) is 11.2. The number of carbonyl (C=O) groups excluding carboxylic acids is 1. The van der Waals surface area contributed by atoms with Crippen LogP contribution in [0.1, 0.15) is 38.4 Å². The molecule has 0 aliphatic carbocycles. The van der Waals surface area contributed by atoms with Crippen LogP contribution in [0.25, 0.3) is 0 Å². The van der Waals surface area contributed by atoms with E-state index in [0.717, 1.165) is 25.3 Å². The fourth-order valence-corrected chi connectivity index (χ4v) is 4.34. The highest BCUT2D eigenvalue weighted by Gasteiger charge is 2.31. The molecule has 2 aromatic rings. The van der Waals surface area contributed by atoms with Crippen LogP contribution >= 0.6 is 0 Å². The zero-order valence-electron chi connectivity index (χ0n) is 20.7. The van der Waals surface area contributed by atoms with Gasteiger partial charge in [-0.05, 0) is 60.3 Å². The fourth-order valence-electron chi connectivity index (χ4n) is 4.34. The molecule has 0 spiro atoms. The summed E-state index contributed by atoms with van der Waals surface area (Å²) < 4.78 is 22.1. The number of hydrogen-bond donors (Lipinski definition) is 1. The molecule has 8 nitrogen and oxygen atoms in total. The number of amides is 1. The van der Waals surface area contributed by atoms with Crippen LogP contribution < -0.4 is 18.9 Å². The van der Waals surface area contributed by atoms with Gasteiger partial charge in [-0.15, -0.1) is 0 Å². The van der Waals surface area contributed by atoms with Gasteiger partial charge in [0.05, 0.1) is 25.8 Å². The first kappa shape index (κ1) is 25.0. The highest BCUT2D eigenvalue weighted by atomic mass is 16.6. The zero-order valence-corrected chi connectivity index (χ0v) is 20.7. The molecule has 0 bridgehead atoms. The summed E-state index contributed by atoms with van der Waals surface area (Å²) in [6.45, 7) is 7.81. The van der Waals surface area contributed by atoms with Crippen LogP contribution in [0.2, 0.25) is 0 Å². The van der Waals surface area contributed by atoms with Crippen molar-refractivity contribution in [1.82, 2.24) is 4.90 Å². The molecule has 2 aliphatic heterocycles. The summed E-state index contributed by atoms with van der Waals surface area (Å²) in [5.74, 6) is 2.30. The van der Waals surface area contributed by atoms with Crippen molar-refractivity contribution >= 4 is 11.6 Å². The summed E-state index contributed by atoms with van der Waals surface area (Å²) in [4.78, 5) is 19.3. The molecule has 35 heavy (non-hydrogen) atoms. The lowest BCUT2D eigenvalue weighted by atomic mass is 9.93. The molecular formula is C27H34N2O6. The average molecular weight is 483 g/mol. The second kappa shape index (κ2) is 11.1. The summed E-state index contributed by atoms with van der Waals surface area (Å²) in [6.07, 6.45) is 0.139. The number of likely N-dealkylation sites (tertiary alicyclic amines) is 1. The Bertz CT molecular complexity index is 1050. The van der Waals surface area contributed by atoms with Crippen LogP contribution in [0.5, 0.6) is 23.0 Å². The molecule has 8 heteroatoms. The lowest BCUT2D eigenvalue weighted by Crippen LogP contribution is -2.33. The summed E-state index contributed by atoms with van der Waals surface area (Å²) in [7, 11) is 1.60. The van der Waals surface area contributed by atoms with Gasteiger partial charge in [-0.1, -0.05) is 19.9 Å². The molecule has 0 aromatic heterocycles. The molecule has 1 N–H and O–H groups in total. The Morgan fingerprint density at radius 3 is 2.51 bits per heavy atom. The Kier molecular flexibility index (Phi) is 7.93. The predicted octanol–water partition coefficient (Wildman–Crippen LogP) is 3.67. The quantitative estimate of drug-likeness (QED) is 0.546. The van der Waals surface area contributed by atoms with Crippen molar-refractivity contribution in [2.24, 2.45) is 10.4 Å². The van der Waals surface area contributed by atoms with E-state index in [1.807, 2.05) is 0 Å². The highest BCUT2D eigenvalue weighted by Crippen LogP contribution is 2.34. The first-order valence-corrected chi connectivity index (χ1v) is 12.0. The number of rotatable bonds is 9. The van der Waals surface area contributed by atoms with Crippen molar-refractivity contribution in [1.29, 1.82) is 0 Å². The number of fused-ring (bicyclic) bond motifs is 1. The van der Waals surface area contributed by atoms with Gasteiger partial charge >= 0.3 is 0 Å². The highest BCUT2D eigenvalue weighted by molar-refractivity contribution is 6.00. The molecule has 188 valence electrons. The van der Waals surface area contributed by atoms with Gasteiger partial charge in [0, 0.05) is 13.1 Å². The summed E-state index contributed by atoms with van der Waals surface area (Å²) in [5.41, 5.74) is 1.24. The lowest BCUT2D eigenvalue weighted by molar-refractivity contribution is -0.118. The number of carbonyl (C=O) groups is 1. The number of nitrogens with zero attached hydrogens (tertiary/aromatic N) is 2. The Morgan fingerprint density at radius 1 is 1.11 bits per heavy atom. The second-order valence-corrected chi connectivity index (χ2v) is 9.70. The van der Waals surface area contributed by atoms with Gasteiger partial charge in [-0.2, -0.15) is 0 Å². The average Bonchev–Trinajstić information content (AvgIpc) is 3.21. The van der Waals surface area contributed by atoms with Crippen LogP contribution in [-0.2, 0) is 4.79 Å². The third kappa shape index (κ3) is 6.74. The van der Waals surface area contributed by atoms with Crippen LogP contribution in [-0.4, -0.2) is 68.2 Å². The third-order valence-corrected chi connectivity index (χ3v) is 6.25. The molecule has 0 unspecified atom stereocenters.